The van der Waals surface area contributed by atoms with E-state index in [4.69, 9.17) is 4.98 Å². The van der Waals surface area contributed by atoms with Gasteiger partial charge >= 0.3 is 0 Å². The molecule has 1 unspecified atom stereocenters. The van der Waals surface area contributed by atoms with Crippen molar-refractivity contribution in [2.24, 2.45) is 0 Å². The van der Waals surface area contributed by atoms with Crippen LogP contribution in [-0.2, 0) is 4.79 Å². The largest absolute Gasteiger partial charge is 0.343 e. The average Bonchev–Trinajstić information content (AvgIpc) is 3.42. The van der Waals surface area contributed by atoms with E-state index in [-0.39, 0.29) is 17.5 Å². The van der Waals surface area contributed by atoms with Crippen LogP contribution in [0.5, 0.6) is 0 Å². The standard InChI is InChI=1S/C20H21N5O2S/c1-13-6-2-3-7-16(13)25-18-15(11-21-25)19(27)24-14(12-28-20(24)22-18)10-17(26)23-8-4-5-9-23/h2-3,6-7,11,14H,4-5,8-10,12H2,1H3. The van der Waals surface area contributed by atoms with Crippen LogP contribution >= 0.6 is 11.8 Å². The smallest absolute Gasteiger partial charge is 0.265 e. The summed E-state index contributed by atoms with van der Waals surface area (Å²) in [4.78, 5) is 32.4. The van der Waals surface area contributed by atoms with Crippen LogP contribution in [0.2, 0.25) is 0 Å². The Balaban J connectivity index is 1.54. The number of aryl methyl sites for hydroxylation is 1. The van der Waals surface area contributed by atoms with Crippen LogP contribution < -0.4 is 5.56 Å². The Morgan fingerprint density at radius 1 is 1.25 bits per heavy atom. The lowest BCUT2D eigenvalue weighted by Crippen LogP contribution is -2.32. The molecule has 2 aliphatic heterocycles. The minimum Gasteiger partial charge on any atom is -0.343 e. The van der Waals surface area contributed by atoms with Gasteiger partial charge in [-0.2, -0.15) is 5.10 Å². The zero-order chi connectivity index (χ0) is 19.3. The number of hydrogen-bond acceptors (Lipinski definition) is 5. The van der Waals surface area contributed by atoms with Crippen molar-refractivity contribution in [1.29, 1.82) is 0 Å². The van der Waals surface area contributed by atoms with Gasteiger partial charge in [-0.25, -0.2) is 9.67 Å². The molecule has 5 rings (SSSR count). The molecule has 8 heteroatoms. The van der Waals surface area contributed by atoms with Crippen molar-refractivity contribution in [3.63, 3.8) is 0 Å². The van der Waals surface area contributed by atoms with E-state index in [9.17, 15) is 9.59 Å². The minimum absolute atomic E-state index is 0.107. The van der Waals surface area contributed by atoms with Crippen molar-refractivity contribution in [2.45, 2.75) is 37.4 Å². The summed E-state index contributed by atoms with van der Waals surface area (Å²) in [6, 6.07) is 7.77. The van der Waals surface area contributed by atoms with Crippen LogP contribution in [-0.4, -0.2) is 49.0 Å². The highest BCUT2D eigenvalue weighted by Crippen LogP contribution is 2.34. The topological polar surface area (TPSA) is 73.0 Å². The molecular formula is C20H21N5O2S. The fraction of sp³-hybridized carbons (Fsp3) is 0.400. The van der Waals surface area contributed by atoms with Crippen molar-refractivity contribution in [3.8, 4) is 5.69 Å². The summed E-state index contributed by atoms with van der Waals surface area (Å²) >= 11 is 1.54. The van der Waals surface area contributed by atoms with Gasteiger partial charge in [0.1, 0.15) is 5.39 Å². The maximum absolute atomic E-state index is 13.2. The Labute approximate surface area is 166 Å². The third-order valence-corrected chi connectivity index (χ3v) is 6.68. The van der Waals surface area contributed by atoms with Gasteiger partial charge in [0.15, 0.2) is 10.8 Å². The molecule has 144 valence electrons. The van der Waals surface area contributed by atoms with E-state index in [1.165, 1.54) is 0 Å². The summed E-state index contributed by atoms with van der Waals surface area (Å²) in [5, 5.41) is 5.60. The van der Waals surface area contributed by atoms with Gasteiger partial charge < -0.3 is 4.90 Å². The highest BCUT2D eigenvalue weighted by molar-refractivity contribution is 7.99. The average molecular weight is 395 g/mol. The number of hydrogen-bond donors (Lipinski definition) is 0. The molecule has 0 bridgehead atoms. The number of fused-ring (bicyclic) bond motifs is 2. The fourth-order valence-corrected chi connectivity index (χ4v) is 5.19. The molecule has 2 aliphatic rings. The second-order valence-corrected chi connectivity index (χ2v) is 8.39. The predicted molar refractivity (Wildman–Crippen MR) is 108 cm³/mol. The number of nitrogens with zero attached hydrogens (tertiary/aromatic N) is 5. The van der Waals surface area contributed by atoms with E-state index in [0.717, 1.165) is 37.2 Å². The minimum atomic E-state index is -0.140. The first-order valence-electron chi connectivity index (χ1n) is 9.60. The summed E-state index contributed by atoms with van der Waals surface area (Å²) < 4.78 is 3.43. The van der Waals surface area contributed by atoms with Crippen molar-refractivity contribution in [2.75, 3.05) is 18.8 Å². The lowest BCUT2D eigenvalue weighted by atomic mass is 10.2. The number of likely N-dealkylation sites (tertiary alicyclic amines) is 1. The Kier molecular flexibility index (Phi) is 4.23. The van der Waals surface area contributed by atoms with Gasteiger partial charge in [0, 0.05) is 25.3 Å². The third-order valence-electron chi connectivity index (χ3n) is 5.58. The quantitative estimate of drug-likeness (QED) is 0.637. The molecule has 0 spiro atoms. The second-order valence-electron chi connectivity index (χ2n) is 7.41. The zero-order valence-corrected chi connectivity index (χ0v) is 16.5. The maximum atomic E-state index is 13.2. The monoisotopic (exact) mass is 395 g/mol. The van der Waals surface area contributed by atoms with E-state index in [0.29, 0.717) is 28.4 Å². The summed E-state index contributed by atoms with van der Waals surface area (Å²) in [6.07, 6.45) is 4.09. The first kappa shape index (κ1) is 17.5. The maximum Gasteiger partial charge on any atom is 0.265 e. The highest BCUT2D eigenvalue weighted by Gasteiger charge is 2.31. The van der Waals surface area contributed by atoms with Crippen LogP contribution in [0.4, 0.5) is 0 Å². The number of thioether (sulfide) groups is 1. The summed E-state index contributed by atoms with van der Waals surface area (Å²) in [5.74, 6) is 0.838. The molecule has 28 heavy (non-hydrogen) atoms. The van der Waals surface area contributed by atoms with Crippen LogP contribution in [0.3, 0.4) is 0 Å². The summed E-state index contributed by atoms with van der Waals surface area (Å²) in [5.41, 5.74) is 2.45. The van der Waals surface area contributed by atoms with E-state index in [1.54, 1.807) is 27.2 Å². The number of para-hydroxylation sites is 1. The molecule has 1 aromatic carbocycles. The number of benzene rings is 1. The lowest BCUT2D eigenvalue weighted by molar-refractivity contribution is -0.130. The molecule has 0 N–H and O–H groups in total. The van der Waals surface area contributed by atoms with Gasteiger partial charge in [-0.05, 0) is 31.4 Å². The summed E-state index contributed by atoms with van der Waals surface area (Å²) in [7, 11) is 0. The molecule has 1 fully saturated rings. The van der Waals surface area contributed by atoms with Gasteiger partial charge in [0.05, 0.1) is 17.9 Å². The molecule has 4 heterocycles. The molecule has 3 aromatic rings. The van der Waals surface area contributed by atoms with E-state index < -0.39 is 0 Å². The summed E-state index contributed by atoms with van der Waals surface area (Å²) in [6.45, 7) is 3.68. The molecular weight excluding hydrogens is 374 g/mol. The van der Waals surface area contributed by atoms with Crippen molar-refractivity contribution >= 4 is 28.7 Å². The molecule has 2 aromatic heterocycles. The second kappa shape index (κ2) is 6.77. The van der Waals surface area contributed by atoms with Gasteiger partial charge in [-0.15, -0.1) is 0 Å². The molecule has 7 nitrogen and oxygen atoms in total. The molecule has 1 saturated heterocycles. The van der Waals surface area contributed by atoms with Crippen molar-refractivity contribution in [1.82, 2.24) is 24.2 Å². The molecule has 1 amide bonds. The number of carbonyl (C=O) groups excluding carboxylic acids is 1. The van der Waals surface area contributed by atoms with Gasteiger partial charge in [-0.3, -0.25) is 14.2 Å². The lowest BCUT2D eigenvalue weighted by Gasteiger charge is -2.19. The molecule has 0 aliphatic carbocycles. The number of amides is 1. The molecule has 0 saturated carbocycles. The Bertz CT molecular complexity index is 1130. The van der Waals surface area contributed by atoms with Gasteiger partial charge in [0.25, 0.3) is 5.56 Å². The van der Waals surface area contributed by atoms with Gasteiger partial charge in [-0.1, -0.05) is 30.0 Å². The molecule has 1 atom stereocenters. The van der Waals surface area contributed by atoms with Gasteiger partial charge in [0.2, 0.25) is 5.91 Å². The fourth-order valence-electron chi connectivity index (χ4n) is 4.06. The number of rotatable bonds is 3. The first-order valence-corrected chi connectivity index (χ1v) is 10.6. The Hall–Kier alpha value is -2.61. The molecule has 0 radical (unpaired) electrons. The predicted octanol–water partition coefficient (Wildman–Crippen LogP) is 2.55. The third kappa shape index (κ3) is 2.74. The first-order chi connectivity index (χ1) is 13.6. The zero-order valence-electron chi connectivity index (χ0n) is 15.7. The Morgan fingerprint density at radius 2 is 2.04 bits per heavy atom. The Morgan fingerprint density at radius 3 is 2.82 bits per heavy atom. The number of aromatic nitrogens is 4. The van der Waals surface area contributed by atoms with E-state index >= 15 is 0 Å². The van der Waals surface area contributed by atoms with Crippen LogP contribution in [0, 0.1) is 6.92 Å². The normalized spacial score (nSPS) is 18.8. The number of carbonyl (C=O) groups is 1. The highest BCUT2D eigenvalue weighted by atomic mass is 32.2. The van der Waals surface area contributed by atoms with Crippen molar-refractivity contribution in [3.05, 3.63) is 46.4 Å². The van der Waals surface area contributed by atoms with E-state index in [2.05, 4.69) is 5.10 Å². The van der Waals surface area contributed by atoms with E-state index in [1.807, 2.05) is 36.1 Å². The van der Waals surface area contributed by atoms with Crippen LogP contribution in [0.1, 0.15) is 30.9 Å². The van der Waals surface area contributed by atoms with Crippen LogP contribution in [0.15, 0.2) is 40.4 Å². The SMILES string of the molecule is Cc1ccccc1-n1ncc2c(=O)n3c(nc21)SCC3CC(=O)N1CCCC1. The van der Waals surface area contributed by atoms with Crippen molar-refractivity contribution < 1.29 is 4.79 Å². The van der Waals surface area contributed by atoms with Crippen LogP contribution in [0.25, 0.3) is 16.7 Å².